The standard InChI is InChI=1S/C29H28N4O2S/c1-18-9-12-21(13-10-18)24-16-25(22-7-5-4-6-8-22)33(32-24)29-31-28(35)26(36-29)17-27(34)30-23-14-11-19(2)20(3)15-23/h4-15,25-26H,16-17H2,1-3H3,(H,30,34)/t25-,26+/m1/s1. The molecular weight excluding hydrogens is 468 g/mol. The number of hydrogen-bond donors (Lipinski definition) is 1. The summed E-state index contributed by atoms with van der Waals surface area (Å²) in [7, 11) is 0. The number of hydrogen-bond acceptors (Lipinski definition) is 5. The van der Waals surface area contributed by atoms with Crippen molar-refractivity contribution in [2.24, 2.45) is 10.1 Å². The molecule has 6 nitrogen and oxygen atoms in total. The van der Waals surface area contributed by atoms with Crippen molar-refractivity contribution in [3.05, 3.63) is 101 Å². The van der Waals surface area contributed by atoms with Crippen molar-refractivity contribution in [2.75, 3.05) is 5.32 Å². The highest BCUT2D eigenvalue weighted by atomic mass is 32.2. The summed E-state index contributed by atoms with van der Waals surface area (Å²) in [6.45, 7) is 6.10. The van der Waals surface area contributed by atoms with Crippen LogP contribution in [-0.2, 0) is 9.59 Å². The number of amides is 2. The summed E-state index contributed by atoms with van der Waals surface area (Å²) in [5.41, 5.74) is 7.31. The van der Waals surface area contributed by atoms with Gasteiger partial charge in [0.25, 0.3) is 5.91 Å². The van der Waals surface area contributed by atoms with Crippen molar-refractivity contribution in [2.45, 2.75) is 44.9 Å². The number of nitrogens with one attached hydrogen (secondary N) is 1. The number of nitrogens with zero attached hydrogens (tertiary/aromatic N) is 3. The van der Waals surface area contributed by atoms with Gasteiger partial charge in [0, 0.05) is 18.5 Å². The minimum absolute atomic E-state index is 0.0573. The summed E-state index contributed by atoms with van der Waals surface area (Å²) in [5.74, 6) is -0.499. The Kier molecular flexibility index (Phi) is 6.74. The fourth-order valence-electron chi connectivity index (χ4n) is 4.35. The molecule has 0 aromatic heterocycles. The van der Waals surface area contributed by atoms with Crippen LogP contribution in [0.4, 0.5) is 5.69 Å². The second-order valence-electron chi connectivity index (χ2n) is 9.28. The van der Waals surface area contributed by atoms with E-state index in [1.54, 1.807) is 0 Å². The predicted molar refractivity (Wildman–Crippen MR) is 146 cm³/mol. The van der Waals surface area contributed by atoms with Gasteiger partial charge in [-0.25, -0.2) is 5.01 Å². The SMILES string of the molecule is Cc1ccc(C2=NN(C3=NC(=O)[C@H](CC(=O)Nc4ccc(C)c(C)c4)S3)[C@@H](c3ccccc3)C2)cc1. The molecule has 5 rings (SSSR count). The van der Waals surface area contributed by atoms with E-state index in [0.29, 0.717) is 11.6 Å². The molecule has 2 amide bonds. The van der Waals surface area contributed by atoms with E-state index in [-0.39, 0.29) is 24.3 Å². The van der Waals surface area contributed by atoms with E-state index in [2.05, 4.69) is 53.6 Å². The molecule has 2 aliphatic rings. The van der Waals surface area contributed by atoms with E-state index in [9.17, 15) is 9.59 Å². The Bertz CT molecular complexity index is 1370. The third-order valence-corrected chi connectivity index (χ3v) is 7.71. The predicted octanol–water partition coefficient (Wildman–Crippen LogP) is 5.79. The summed E-state index contributed by atoms with van der Waals surface area (Å²) in [6.07, 6.45) is 0.764. The molecule has 0 radical (unpaired) electrons. The highest BCUT2D eigenvalue weighted by Gasteiger charge is 2.39. The van der Waals surface area contributed by atoms with Gasteiger partial charge < -0.3 is 5.32 Å². The third-order valence-electron chi connectivity index (χ3n) is 6.57. The zero-order valence-corrected chi connectivity index (χ0v) is 21.4. The lowest BCUT2D eigenvalue weighted by Gasteiger charge is -2.23. The van der Waals surface area contributed by atoms with Crippen molar-refractivity contribution < 1.29 is 9.59 Å². The lowest BCUT2D eigenvalue weighted by Crippen LogP contribution is -2.25. The molecule has 0 saturated heterocycles. The Morgan fingerprint density at radius 3 is 2.47 bits per heavy atom. The minimum Gasteiger partial charge on any atom is -0.326 e. The van der Waals surface area contributed by atoms with Crippen LogP contribution in [0.15, 0.2) is 82.9 Å². The zero-order chi connectivity index (χ0) is 25.2. The molecule has 0 saturated carbocycles. The van der Waals surface area contributed by atoms with Gasteiger partial charge in [-0.05, 0) is 55.2 Å². The summed E-state index contributed by atoms with van der Waals surface area (Å²) in [4.78, 5) is 29.9. The van der Waals surface area contributed by atoms with Crippen molar-refractivity contribution in [1.82, 2.24) is 5.01 Å². The molecule has 0 aliphatic carbocycles. The highest BCUT2D eigenvalue weighted by molar-refractivity contribution is 8.15. The quantitative estimate of drug-likeness (QED) is 0.485. The third kappa shape index (κ3) is 5.11. The number of anilines is 1. The van der Waals surface area contributed by atoms with E-state index in [1.807, 2.05) is 55.3 Å². The second kappa shape index (κ2) is 10.1. The number of carbonyl (C=O) groups is 2. The average Bonchev–Trinajstić information content (AvgIpc) is 3.46. The number of amidine groups is 1. The Balaban J connectivity index is 1.33. The van der Waals surface area contributed by atoms with Gasteiger partial charge in [0.1, 0.15) is 5.25 Å². The van der Waals surface area contributed by atoms with Gasteiger partial charge in [-0.2, -0.15) is 10.1 Å². The number of aliphatic imine (C=N–C) groups is 1. The van der Waals surface area contributed by atoms with E-state index >= 15 is 0 Å². The molecular formula is C29H28N4O2S. The number of rotatable bonds is 5. The Morgan fingerprint density at radius 2 is 1.75 bits per heavy atom. The molecule has 3 aromatic rings. The largest absolute Gasteiger partial charge is 0.326 e. The lowest BCUT2D eigenvalue weighted by molar-refractivity contribution is -0.121. The topological polar surface area (TPSA) is 74.1 Å². The fourth-order valence-corrected chi connectivity index (χ4v) is 5.41. The number of thioether (sulfide) groups is 1. The maximum Gasteiger partial charge on any atom is 0.262 e. The van der Waals surface area contributed by atoms with Crippen LogP contribution in [0.5, 0.6) is 0 Å². The molecule has 2 atom stereocenters. The molecule has 0 spiro atoms. The van der Waals surface area contributed by atoms with Crippen molar-refractivity contribution >= 4 is 40.1 Å². The fraction of sp³-hybridized carbons (Fsp3) is 0.241. The molecule has 3 aromatic carbocycles. The zero-order valence-electron chi connectivity index (χ0n) is 20.6. The average molecular weight is 497 g/mol. The maximum absolute atomic E-state index is 12.8. The van der Waals surface area contributed by atoms with Crippen molar-refractivity contribution in [1.29, 1.82) is 0 Å². The molecule has 1 N–H and O–H groups in total. The monoisotopic (exact) mass is 496 g/mol. The molecule has 2 aliphatic heterocycles. The molecule has 182 valence electrons. The Labute approximate surface area is 215 Å². The molecule has 0 unspecified atom stereocenters. The Morgan fingerprint density at radius 1 is 1.00 bits per heavy atom. The first-order chi connectivity index (χ1) is 17.4. The summed E-state index contributed by atoms with van der Waals surface area (Å²) in [5, 5.41) is 9.65. The first-order valence-electron chi connectivity index (χ1n) is 12.0. The van der Waals surface area contributed by atoms with Crippen LogP contribution in [-0.4, -0.2) is 33.0 Å². The second-order valence-corrected chi connectivity index (χ2v) is 10.4. The van der Waals surface area contributed by atoms with Gasteiger partial charge in [-0.1, -0.05) is 78.0 Å². The summed E-state index contributed by atoms with van der Waals surface area (Å²) >= 11 is 1.32. The van der Waals surface area contributed by atoms with Crippen LogP contribution in [0.25, 0.3) is 0 Å². The Hall–Kier alpha value is -3.71. The van der Waals surface area contributed by atoms with E-state index in [1.165, 1.54) is 17.3 Å². The van der Waals surface area contributed by atoms with Crippen molar-refractivity contribution in [3.63, 3.8) is 0 Å². The lowest BCUT2D eigenvalue weighted by atomic mass is 9.98. The smallest absolute Gasteiger partial charge is 0.262 e. The van der Waals surface area contributed by atoms with Gasteiger partial charge in [0.15, 0.2) is 5.17 Å². The molecule has 36 heavy (non-hydrogen) atoms. The van der Waals surface area contributed by atoms with Crippen LogP contribution in [0.3, 0.4) is 0 Å². The number of carbonyl (C=O) groups excluding carboxylic acids is 2. The van der Waals surface area contributed by atoms with Gasteiger partial charge in [0.2, 0.25) is 5.91 Å². The maximum atomic E-state index is 12.8. The van der Waals surface area contributed by atoms with Crippen LogP contribution in [0.1, 0.15) is 46.7 Å². The van der Waals surface area contributed by atoms with Crippen molar-refractivity contribution in [3.8, 4) is 0 Å². The van der Waals surface area contributed by atoms with Gasteiger partial charge in [-0.3, -0.25) is 9.59 Å². The first-order valence-corrected chi connectivity index (χ1v) is 12.9. The van der Waals surface area contributed by atoms with E-state index in [0.717, 1.165) is 33.7 Å². The van der Waals surface area contributed by atoms with E-state index in [4.69, 9.17) is 5.10 Å². The normalized spacial score (nSPS) is 19.3. The number of hydrazone groups is 1. The molecule has 2 heterocycles. The molecule has 0 bridgehead atoms. The van der Waals surface area contributed by atoms with Crippen LogP contribution in [0.2, 0.25) is 0 Å². The van der Waals surface area contributed by atoms with Gasteiger partial charge in [0.05, 0.1) is 11.8 Å². The van der Waals surface area contributed by atoms with Crippen LogP contribution < -0.4 is 5.32 Å². The van der Waals surface area contributed by atoms with Crippen LogP contribution >= 0.6 is 11.8 Å². The molecule has 7 heteroatoms. The number of aryl methyl sites for hydroxylation is 3. The first kappa shape index (κ1) is 24.0. The van der Waals surface area contributed by atoms with Crippen LogP contribution in [0, 0.1) is 20.8 Å². The summed E-state index contributed by atoms with van der Waals surface area (Å²) in [6, 6.07) is 24.2. The summed E-state index contributed by atoms with van der Waals surface area (Å²) < 4.78 is 0. The van der Waals surface area contributed by atoms with Gasteiger partial charge in [-0.15, -0.1) is 0 Å². The molecule has 0 fully saturated rings. The highest BCUT2D eigenvalue weighted by Crippen LogP contribution is 2.38. The number of benzene rings is 3. The minimum atomic E-state index is -0.568. The van der Waals surface area contributed by atoms with E-state index < -0.39 is 5.25 Å². The van der Waals surface area contributed by atoms with Gasteiger partial charge >= 0.3 is 0 Å².